The van der Waals surface area contributed by atoms with Crippen molar-refractivity contribution in [2.45, 2.75) is 25.4 Å². The van der Waals surface area contributed by atoms with Gasteiger partial charge in [-0.25, -0.2) is 9.97 Å². The summed E-state index contributed by atoms with van der Waals surface area (Å²) in [4.78, 5) is 11.8. The average molecular weight is 361 g/mol. The summed E-state index contributed by atoms with van der Waals surface area (Å²) in [6, 6.07) is 18.9. The largest absolute Gasteiger partial charge is 0.439 e. The van der Waals surface area contributed by atoms with E-state index in [0.29, 0.717) is 6.04 Å². The average Bonchev–Trinajstić information content (AvgIpc) is 3.41. The van der Waals surface area contributed by atoms with E-state index in [1.165, 1.54) is 16.1 Å². The van der Waals surface area contributed by atoms with Crippen molar-refractivity contribution in [2.24, 2.45) is 0 Å². The zero-order valence-corrected chi connectivity index (χ0v) is 15.2. The molecule has 1 aliphatic heterocycles. The van der Waals surface area contributed by atoms with Crippen LogP contribution in [0.3, 0.4) is 0 Å². The number of para-hydroxylation sites is 1. The smallest absolute Gasteiger partial charge is 0.209 e. The van der Waals surface area contributed by atoms with Crippen LogP contribution >= 0.6 is 11.3 Å². The van der Waals surface area contributed by atoms with Crippen molar-refractivity contribution < 1.29 is 4.42 Å². The second-order valence-corrected chi connectivity index (χ2v) is 7.69. The molecule has 5 rings (SSSR count). The first kappa shape index (κ1) is 15.7. The third-order valence-corrected chi connectivity index (χ3v) is 6.05. The van der Waals surface area contributed by atoms with Gasteiger partial charge >= 0.3 is 0 Å². The van der Waals surface area contributed by atoms with Crippen LogP contribution in [-0.2, 0) is 6.54 Å². The summed E-state index contributed by atoms with van der Waals surface area (Å²) < 4.78 is 7.27. The Kier molecular flexibility index (Phi) is 4.03. The first-order valence-corrected chi connectivity index (χ1v) is 9.78. The highest BCUT2D eigenvalue weighted by Gasteiger charge is 2.29. The van der Waals surface area contributed by atoms with Gasteiger partial charge in [0.1, 0.15) is 5.01 Å². The summed E-state index contributed by atoms with van der Waals surface area (Å²) in [5, 5.41) is 1.21. The van der Waals surface area contributed by atoms with E-state index in [0.717, 1.165) is 42.2 Å². The Hall–Kier alpha value is -2.50. The monoisotopic (exact) mass is 361 g/mol. The zero-order valence-electron chi connectivity index (χ0n) is 14.3. The molecule has 4 nitrogen and oxygen atoms in total. The normalized spacial score (nSPS) is 17.9. The van der Waals surface area contributed by atoms with E-state index in [-0.39, 0.29) is 0 Å². The predicted molar refractivity (Wildman–Crippen MR) is 104 cm³/mol. The molecule has 0 spiro atoms. The molecule has 1 aliphatic rings. The summed E-state index contributed by atoms with van der Waals surface area (Å²) in [6.07, 6.45) is 4.16. The van der Waals surface area contributed by atoms with Crippen molar-refractivity contribution in [3.63, 3.8) is 0 Å². The summed E-state index contributed by atoms with van der Waals surface area (Å²) in [5.41, 5.74) is 2.16. The first-order chi connectivity index (χ1) is 12.9. The van der Waals surface area contributed by atoms with Gasteiger partial charge in [-0.05, 0) is 31.5 Å². The fourth-order valence-electron chi connectivity index (χ4n) is 3.62. The molecule has 1 unspecified atom stereocenters. The molecule has 1 fully saturated rings. The molecular weight excluding hydrogens is 342 g/mol. The number of fused-ring (bicyclic) bond motifs is 1. The van der Waals surface area contributed by atoms with Gasteiger partial charge in [0, 0.05) is 5.56 Å². The third-order valence-electron chi connectivity index (χ3n) is 4.91. The predicted octanol–water partition coefficient (Wildman–Crippen LogP) is 5.29. The number of hydrogen-bond donors (Lipinski definition) is 0. The SMILES string of the molecule is c1ccc(-c2cnc(CN3CCCC3c3nc4ccccc4s3)o2)cc1. The molecule has 1 saturated heterocycles. The Labute approximate surface area is 156 Å². The summed E-state index contributed by atoms with van der Waals surface area (Å²) in [6.45, 7) is 1.79. The lowest BCUT2D eigenvalue weighted by Crippen LogP contribution is -2.22. The minimum Gasteiger partial charge on any atom is -0.439 e. The fraction of sp³-hybridized carbons (Fsp3) is 0.238. The van der Waals surface area contributed by atoms with Crippen molar-refractivity contribution in [2.75, 3.05) is 6.54 Å². The Morgan fingerprint density at radius 3 is 2.81 bits per heavy atom. The van der Waals surface area contributed by atoms with Crippen LogP contribution in [-0.4, -0.2) is 21.4 Å². The number of thiazole rings is 1. The van der Waals surface area contributed by atoms with Crippen molar-refractivity contribution in [1.82, 2.24) is 14.9 Å². The number of hydrogen-bond acceptors (Lipinski definition) is 5. The molecule has 1 atom stereocenters. The fourth-order valence-corrected chi connectivity index (χ4v) is 4.76. The maximum absolute atomic E-state index is 6.00. The van der Waals surface area contributed by atoms with Crippen LogP contribution in [0.2, 0.25) is 0 Å². The molecule has 0 amide bonds. The van der Waals surface area contributed by atoms with Gasteiger partial charge in [-0.15, -0.1) is 11.3 Å². The van der Waals surface area contributed by atoms with Gasteiger partial charge in [-0.1, -0.05) is 42.5 Å². The van der Waals surface area contributed by atoms with Gasteiger partial charge in [0.25, 0.3) is 0 Å². The quantitative estimate of drug-likeness (QED) is 0.495. The lowest BCUT2D eigenvalue weighted by Gasteiger charge is -2.20. The molecule has 0 aliphatic carbocycles. The highest BCUT2D eigenvalue weighted by atomic mass is 32.1. The number of likely N-dealkylation sites (tertiary alicyclic amines) is 1. The molecule has 5 heteroatoms. The van der Waals surface area contributed by atoms with Crippen molar-refractivity contribution in [3.8, 4) is 11.3 Å². The Morgan fingerprint density at radius 1 is 1.08 bits per heavy atom. The number of rotatable bonds is 4. The van der Waals surface area contributed by atoms with Gasteiger partial charge < -0.3 is 4.42 Å². The van der Waals surface area contributed by atoms with Crippen molar-refractivity contribution >= 4 is 21.6 Å². The van der Waals surface area contributed by atoms with E-state index < -0.39 is 0 Å². The van der Waals surface area contributed by atoms with E-state index in [4.69, 9.17) is 9.40 Å². The summed E-state index contributed by atoms with van der Waals surface area (Å²) in [7, 11) is 0. The van der Waals surface area contributed by atoms with Crippen LogP contribution in [0.4, 0.5) is 0 Å². The van der Waals surface area contributed by atoms with Gasteiger partial charge in [0.2, 0.25) is 5.89 Å². The van der Waals surface area contributed by atoms with Crippen molar-refractivity contribution in [1.29, 1.82) is 0 Å². The highest BCUT2D eigenvalue weighted by molar-refractivity contribution is 7.18. The van der Waals surface area contributed by atoms with Crippen LogP contribution < -0.4 is 0 Å². The second-order valence-electron chi connectivity index (χ2n) is 6.63. The second kappa shape index (κ2) is 6.67. The maximum Gasteiger partial charge on any atom is 0.209 e. The van der Waals surface area contributed by atoms with Crippen LogP contribution in [0.25, 0.3) is 21.5 Å². The van der Waals surface area contributed by atoms with E-state index in [1.807, 2.05) is 47.9 Å². The van der Waals surface area contributed by atoms with Crippen LogP contribution in [0.1, 0.15) is 29.8 Å². The Morgan fingerprint density at radius 2 is 1.92 bits per heavy atom. The minimum absolute atomic E-state index is 0.361. The lowest BCUT2D eigenvalue weighted by molar-refractivity contribution is 0.224. The van der Waals surface area contributed by atoms with Crippen LogP contribution in [0.5, 0.6) is 0 Å². The molecule has 2 aromatic heterocycles. The van der Waals surface area contributed by atoms with Gasteiger partial charge in [0.05, 0.1) is 29.0 Å². The number of benzene rings is 2. The minimum atomic E-state index is 0.361. The third kappa shape index (κ3) is 2.93. The summed E-state index contributed by atoms with van der Waals surface area (Å²) >= 11 is 1.81. The van der Waals surface area contributed by atoms with E-state index >= 15 is 0 Å². The molecule has 0 bridgehead atoms. The van der Waals surface area contributed by atoms with E-state index in [9.17, 15) is 0 Å². The molecule has 4 aromatic rings. The first-order valence-electron chi connectivity index (χ1n) is 8.96. The molecule has 0 radical (unpaired) electrons. The van der Waals surface area contributed by atoms with Gasteiger partial charge in [0.15, 0.2) is 5.76 Å². The molecule has 0 N–H and O–H groups in total. The highest BCUT2D eigenvalue weighted by Crippen LogP contribution is 2.37. The van der Waals surface area contributed by atoms with Crippen LogP contribution in [0.15, 0.2) is 65.2 Å². The summed E-state index contributed by atoms with van der Waals surface area (Å²) in [5.74, 6) is 1.60. The van der Waals surface area contributed by atoms with Gasteiger partial charge in [-0.2, -0.15) is 0 Å². The Balaban J connectivity index is 1.37. The lowest BCUT2D eigenvalue weighted by atomic mass is 10.2. The number of oxazole rings is 1. The van der Waals surface area contributed by atoms with E-state index in [2.05, 4.69) is 34.1 Å². The zero-order chi connectivity index (χ0) is 17.3. The van der Waals surface area contributed by atoms with Gasteiger partial charge in [-0.3, -0.25) is 4.90 Å². The number of nitrogens with zero attached hydrogens (tertiary/aromatic N) is 3. The maximum atomic E-state index is 6.00. The van der Waals surface area contributed by atoms with E-state index in [1.54, 1.807) is 0 Å². The molecule has 130 valence electrons. The van der Waals surface area contributed by atoms with Crippen LogP contribution in [0, 0.1) is 0 Å². The molecule has 2 aromatic carbocycles. The molecule has 3 heterocycles. The standard InChI is InChI=1S/C21H19N3OS/c1-2-7-15(8-3-1)18-13-22-20(25-18)14-24-12-6-10-17(24)21-23-16-9-4-5-11-19(16)26-21/h1-5,7-9,11,13,17H,6,10,12,14H2. The Bertz CT molecular complexity index is 991. The molecular formula is C21H19N3OS. The number of aromatic nitrogens is 2. The molecule has 26 heavy (non-hydrogen) atoms. The topological polar surface area (TPSA) is 42.2 Å². The van der Waals surface area contributed by atoms with Crippen molar-refractivity contribution in [3.05, 3.63) is 71.7 Å². The molecule has 0 saturated carbocycles.